The van der Waals surface area contributed by atoms with Gasteiger partial charge in [0.15, 0.2) is 0 Å². The second kappa shape index (κ2) is 6.18. The normalized spacial score (nSPS) is 19.9. The summed E-state index contributed by atoms with van der Waals surface area (Å²) >= 11 is 0. The largest absolute Gasteiger partial charge is 0.382 e. The van der Waals surface area contributed by atoms with Crippen molar-refractivity contribution in [1.82, 2.24) is 5.32 Å². The lowest BCUT2D eigenvalue weighted by Crippen LogP contribution is -2.50. The predicted molar refractivity (Wildman–Crippen MR) is 61.1 cm³/mol. The summed E-state index contributed by atoms with van der Waals surface area (Å²) in [6, 6.07) is 0. The number of carbonyl (C=O) groups excluding carboxylic acids is 1. The fourth-order valence-corrected chi connectivity index (χ4v) is 1.81. The molecule has 1 saturated carbocycles. The summed E-state index contributed by atoms with van der Waals surface area (Å²) in [6.07, 6.45) is 3.35. The van der Waals surface area contributed by atoms with E-state index in [1.54, 1.807) is 14.2 Å². The predicted octanol–water partition coefficient (Wildman–Crippen LogP) is 0.0355. The van der Waals surface area contributed by atoms with Crippen LogP contribution >= 0.6 is 0 Å². The second-order valence-electron chi connectivity index (χ2n) is 4.51. The van der Waals surface area contributed by atoms with Gasteiger partial charge in [-0.05, 0) is 19.3 Å². The molecule has 0 radical (unpaired) electrons. The molecule has 1 rings (SSSR count). The number of carbonyl (C=O) groups is 1. The molecule has 94 valence electrons. The van der Waals surface area contributed by atoms with Crippen molar-refractivity contribution < 1.29 is 14.3 Å². The quantitative estimate of drug-likeness (QED) is 0.647. The highest BCUT2D eigenvalue weighted by molar-refractivity contribution is 5.77. The first-order valence-corrected chi connectivity index (χ1v) is 5.67. The Bertz CT molecular complexity index is 229. The van der Waals surface area contributed by atoms with E-state index < -0.39 is 0 Å². The van der Waals surface area contributed by atoms with Gasteiger partial charge in [-0.25, -0.2) is 0 Å². The van der Waals surface area contributed by atoms with E-state index >= 15 is 0 Å². The Morgan fingerprint density at radius 3 is 2.62 bits per heavy atom. The van der Waals surface area contributed by atoms with Gasteiger partial charge in [-0.1, -0.05) is 0 Å². The summed E-state index contributed by atoms with van der Waals surface area (Å²) in [7, 11) is 3.21. The summed E-state index contributed by atoms with van der Waals surface area (Å²) in [5.74, 6) is 0.000327. The summed E-state index contributed by atoms with van der Waals surface area (Å²) in [4.78, 5) is 11.6. The van der Waals surface area contributed by atoms with Crippen LogP contribution in [0, 0.1) is 0 Å². The average molecular weight is 230 g/mol. The molecule has 1 atom stereocenters. The molecule has 0 saturated heterocycles. The maximum Gasteiger partial charge on any atom is 0.221 e. The average Bonchev–Trinajstić information content (AvgIpc) is 2.22. The molecule has 1 unspecified atom stereocenters. The minimum Gasteiger partial charge on any atom is -0.382 e. The van der Waals surface area contributed by atoms with Crippen molar-refractivity contribution in [3.05, 3.63) is 0 Å². The smallest absolute Gasteiger partial charge is 0.221 e. The van der Waals surface area contributed by atoms with Crippen molar-refractivity contribution in [3.63, 3.8) is 0 Å². The van der Waals surface area contributed by atoms with E-state index in [1.165, 1.54) is 0 Å². The molecule has 0 bridgehead atoms. The van der Waals surface area contributed by atoms with E-state index in [2.05, 4.69) is 5.32 Å². The molecule has 3 N–H and O–H groups in total. The van der Waals surface area contributed by atoms with E-state index in [0.717, 1.165) is 19.3 Å². The highest BCUT2D eigenvalue weighted by atomic mass is 16.5. The molecule has 5 heteroatoms. The molecule has 1 aliphatic rings. The monoisotopic (exact) mass is 230 g/mol. The van der Waals surface area contributed by atoms with Crippen LogP contribution in [0.4, 0.5) is 0 Å². The van der Waals surface area contributed by atoms with Crippen molar-refractivity contribution in [2.75, 3.05) is 27.4 Å². The van der Waals surface area contributed by atoms with Crippen molar-refractivity contribution in [3.8, 4) is 0 Å². The van der Waals surface area contributed by atoms with Crippen molar-refractivity contribution in [2.24, 2.45) is 5.73 Å². The Labute approximate surface area is 96.7 Å². The van der Waals surface area contributed by atoms with Crippen LogP contribution in [-0.4, -0.2) is 44.9 Å². The number of hydrogen-bond acceptors (Lipinski definition) is 4. The third-order valence-electron chi connectivity index (χ3n) is 3.07. The number of nitrogens with two attached hydrogens (primary N) is 1. The summed E-state index contributed by atoms with van der Waals surface area (Å²) in [5, 5.41) is 2.82. The number of amides is 1. The molecule has 5 nitrogen and oxygen atoms in total. The van der Waals surface area contributed by atoms with Crippen LogP contribution in [0.5, 0.6) is 0 Å². The first-order valence-electron chi connectivity index (χ1n) is 5.67. The SMILES string of the molecule is COCC(CNC(=O)CC1(N)CCC1)OC. The topological polar surface area (TPSA) is 73.6 Å². The van der Waals surface area contributed by atoms with Crippen LogP contribution in [0.1, 0.15) is 25.7 Å². The van der Waals surface area contributed by atoms with E-state index in [1.807, 2.05) is 0 Å². The zero-order chi connectivity index (χ0) is 12.0. The standard InChI is InChI=1S/C11H22N2O3/c1-15-8-9(16-2)7-13-10(14)6-11(12)4-3-5-11/h9H,3-8,12H2,1-2H3,(H,13,14). The third-order valence-corrected chi connectivity index (χ3v) is 3.07. The van der Waals surface area contributed by atoms with Crippen molar-refractivity contribution >= 4 is 5.91 Å². The lowest BCUT2D eigenvalue weighted by Gasteiger charge is -2.37. The van der Waals surface area contributed by atoms with Gasteiger partial charge in [0, 0.05) is 32.7 Å². The summed E-state index contributed by atoms with van der Waals surface area (Å²) in [6.45, 7) is 0.948. The molecule has 0 aromatic carbocycles. The van der Waals surface area contributed by atoms with E-state index in [-0.39, 0.29) is 17.6 Å². The number of hydrogen-bond donors (Lipinski definition) is 2. The first-order chi connectivity index (χ1) is 7.59. The van der Waals surface area contributed by atoms with Crippen LogP contribution < -0.4 is 11.1 Å². The first kappa shape index (κ1) is 13.4. The zero-order valence-corrected chi connectivity index (χ0v) is 10.1. The molecule has 0 heterocycles. The molecule has 1 aliphatic carbocycles. The minimum atomic E-state index is -0.256. The van der Waals surface area contributed by atoms with Crippen LogP contribution in [0.15, 0.2) is 0 Å². The Kier molecular flexibility index (Phi) is 5.18. The van der Waals surface area contributed by atoms with Gasteiger partial charge in [0.05, 0.1) is 12.7 Å². The van der Waals surface area contributed by atoms with E-state index in [0.29, 0.717) is 19.6 Å². The Balaban J connectivity index is 2.18. The molecular formula is C11H22N2O3. The van der Waals surface area contributed by atoms with Crippen LogP contribution in [-0.2, 0) is 14.3 Å². The van der Waals surface area contributed by atoms with Gasteiger partial charge in [-0.15, -0.1) is 0 Å². The molecule has 0 aromatic heterocycles. The number of methoxy groups -OCH3 is 2. The van der Waals surface area contributed by atoms with Crippen LogP contribution in [0.3, 0.4) is 0 Å². The van der Waals surface area contributed by atoms with Crippen molar-refractivity contribution in [2.45, 2.75) is 37.3 Å². The Hall–Kier alpha value is -0.650. The lowest BCUT2D eigenvalue weighted by atomic mass is 9.75. The number of rotatable bonds is 7. The van der Waals surface area contributed by atoms with E-state index in [9.17, 15) is 4.79 Å². The number of ether oxygens (including phenoxy) is 2. The highest BCUT2D eigenvalue weighted by Crippen LogP contribution is 2.31. The van der Waals surface area contributed by atoms with Crippen LogP contribution in [0.2, 0.25) is 0 Å². The fraction of sp³-hybridized carbons (Fsp3) is 0.909. The maximum absolute atomic E-state index is 11.6. The summed E-state index contributed by atoms with van der Waals surface area (Å²) in [5.41, 5.74) is 5.73. The fourth-order valence-electron chi connectivity index (χ4n) is 1.81. The molecular weight excluding hydrogens is 208 g/mol. The Morgan fingerprint density at radius 1 is 1.50 bits per heavy atom. The van der Waals surface area contributed by atoms with Gasteiger partial charge in [0.1, 0.15) is 0 Å². The molecule has 1 amide bonds. The van der Waals surface area contributed by atoms with Crippen molar-refractivity contribution in [1.29, 1.82) is 0 Å². The van der Waals surface area contributed by atoms with Gasteiger partial charge in [-0.3, -0.25) is 4.79 Å². The van der Waals surface area contributed by atoms with Gasteiger partial charge in [-0.2, -0.15) is 0 Å². The van der Waals surface area contributed by atoms with E-state index in [4.69, 9.17) is 15.2 Å². The Morgan fingerprint density at radius 2 is 2.19 bits per heavy atom. The highest BCUT2D eigenvalue weighted by Gasteiger charge is 2.34. The lowest BCUT2D eigenvalue weighted by molar-refractivity contribution is -0.123. The molecule has 0 aliphatic heterocycles. The molecule has 1 fully saturated rings. The number of nitrogens with one attached hydrogen (secondary N) is 1. The van der Waals surface area contributed by atoms with Crippen LogP contribution in [0.25, 0.3) is 0 Å². The van der Waals surface area contributed by atoms with Gasteiger partial charge < -0.3 is 20.5 Å². The molecule has 0 aromatic rings. The second-order valence-corrected chi connectivity index (χ2v) is 4.51. The zero-order valence-electron chi connectivity index (χ0n) is 10.1. The maximum atomic E-state index is 11.6. The summed E-state index contributed by atoms with van der Waals surface area (Å²) < 4.78 is 10.1. The van der Waals surface area contributed by atoms with Gasteiger partial charge in [0.25, 0.3) is 0 Å². The van der Waals surface area contributed by atoms with Gasteiger partial charge >= 0.3 is 0 Å². The molecule has 0 spiro atoms. The van der Waals surface area contributed by atoms with Gasteiger partial charge in [0.2, 0.25) is 5.91 Å². The minimum absolute atomic E-state index is 0.000327. The third kappa shape index (κ3) is 4.08. The molecule has 16 heavy (non-hydrogen) atoms.